The van der Waals surface area contributed by atoms with Gasteiger partial charge >= 0.3 is 0 Å². The van der Waals surface area contributed by atoms with Crippen molar-refractivity contribution in [2.75, 3.05) is 23.7 Å². The van der Waals surface area contributed by atoms with Crippen molar-refractivity contribution < 1.29 is 13.6 Å². The SMILES string of the molecule is Nc1cc(F)c(C2CCC(=NOC3CCN(c4ncc(Cl)cn4)CC3)CC2)cc1F. The number of aromatic nitrogens is 2. The number of nitrogen functional groups attached to an aromatic ring is 1. The first-order valence-electron chi connectivity index (χ1n) is 10.2. The van der Waals surface area contributed by atoms with Gasteiger partial charge in [-0.25, -0.2) is 18.7 Å². The second-order valence-corrected chi connectivity index (χ2v) is 8.26. The Kier molecular flexibility index (Phi) is 6.32. The monoisotopic (exact) mass is 435 g/mol. The summed E-state index contributed by atoms with van der Waals surface area (Å²) in [4.78, 5) is 16.4. The minimum Gasteiger partial charge on any atom is -0.396 e. The van der Waals surface area contributed by atoms with E-state index in [2.05, 4.69) is 20.0 Å². The fourth-order valence-electron chi connectivity index (χ4n) is 4.02. The van der Waals surface area contributed by atoms with Crippen LogP contribution in [0.25, 0.3) is 0 Å². The second kappa shape index (κ2) is 9.12. The number of rotatable bonds is 4. The molecule has 9 heteroatoms. The summed E-state index contributed by atoms with van der Waals surface area (Å²) >= 11 is 5.83. The molecule has 160 valence electrons. The van der Waals surface area contributed by atoms with Gasteiger partial charge in [-0.2, -0.15) is 0 Å². The molecular weight excluding hydrogens is 412 g/mol. The maximum Gasteiger partial charge on any atom is 0.225 e. The van der Waals surface area contributed by atoms with Crippen LogP contribution in [-0.4, -0.2) is 34.9 Å². The van der Waals surface area contributed by atoms with Crippen LogP contribution in [0.5, 0.6) is 0 Å². The van der Waals surface area contributed by atoms with Gasteiger partial charge in [0.25, 0.3) is 0 Å². The van der Waals surface area contributed by atoms with E-state index in [-0.39, 0.29) is 17.7 Å². The van der Waals surface area contributed by atoms with Crippen LogP contribution < -0.4 is 10.6 Å². The van der Waals surface area contributed by atoms with Crippen LogP contribution in [0.4, 0.5) is 20.4 Å². The molecule has 2 aromatic rings. The Morgan fingerprint density at radius 1 is 1.03 bits per heavy atom. The largest absolute Gasteiger partial charge is 0.396 e. The maximum atomic E-state index is 14.2. The highest BCUT2D eigenvalue weighted by Gasteiger charge is 2.25. The Hall–Kier alpha value is -2.48. The van der Waals surface area contributed by atoms with Crippen molar-refractivity contribution in [3.05, 3.63) is 46.7 Å². The van der Waals surface area contributed by atoms with Gasteiger partial charge < -0.3 is 15.5 Å². The Balaban J connectivity index is 1.26. The van der Waals surface area contributed by atoms with Gasteiger partial charge in [0.1, 0.15) is 17.7 Å². The summed E-state index contributed by atoms with van der Waals surface area (Å²) in [5.41, 5.74) is 6.66. The van der Waals surface area contributed by atoms with Gasteiger partial charge in [0.15, 0.2) is 0 Å². The summed E-state index contributed by atoms with van der Waals surface area (Å²) in [7, 11) is 0. The third kappa shape index (κ3) is 4.80. The lowest BCUT2D eigenvalue weighted by atomic mass is 9.83. The molecule has 0 radical (unpaired) electrons. The van der Waals surface area contributed by atoms with E-state index in [0.717, 1.165) is 50.6 Å². The minimum absolute atomic E-state index is 0.0262. The van der Waals surface area contributed by atoms with E-state index in [1.165, 1.54) is 6.07 Å². The van der Waals surface area contributed by atoms with Crippen LogP contribution in [0.15, 0.2) is 29.7 Å². The molecule has 2 N–H and O–H groups in total. The zero-order valence-corrected chi connectivity index (χ0v) is 17.3. The van der Waals surface area contributed by atoms with Crippen LogP contribution in [0.1, 0.15) is 50.0 Å². The van der Waals surface area contributed by atoms with E-state index in [4.69, 9.17) is 22.2 Å². The summed E-state index contributed by atoms with van der Waals surface area (Å²) < 4.78 is 27.9. The van der Waals surface area contributed by atoms with Gasteiger partial charge in [-0.3, -0.25) is 0 Å². The summed E-state index contributed by atoms with van der Waals surface area (Å²) in [5.74, 6) is -0.355. The molecule has 4 rings (SSSR count). The van der Waals surface area contributed by atoms with Crippen molar-refractivity contribution in [3.63, 3.8) is 0 Å². The predicted molar refractivity (Wildman–Crippen MR) is 113 cm³/mol. The number of hydrogen-bond donors (Lipinski definition) is 1. The van der Waals surface area contributed by atoms with Crippen molar-refractivity contribution in [3.8, 4) is 0 Å². The molecule has 0 spiro atoms. The average Bonchev–Trinajstić information content (AvgIpc) is 2.76. The van der Waals surface area contributed by atoms with E-state index in [0.29, 0.717) is 29.4 Å². The maximum absolute atomic E-state index is 14.2. The summed E-state index contributed by atoms with van der Waals surface area (Å²) in [6, 6.07) is 2.30. The van der Waals surface area contributed by atoms with Crippen molar-refractivity contribution in [2.24, 2.45) is 5.16 Å². The molecule has 1 aliphatic carbocycles. The first-order valence-corrected chi connectivity index (χ1v) is 10.6. The number of oxime groups is 1. The standard InChI is InChI=1S/C21H24ClF2N5O/c22-14-11-26-21(27-12-14)29-7-5-16(6-8-29)30-28-15-3-1-13(2-4-15)17-9-19(24)20(25)10-18(17)23/h9-13,16H,1-8,25H2. The number of piperidine rings is 1. The molecule has 1 aromatic carbocycles. The van der Waals surface area contributed by atoms with E-state index in [1.807, 2.05) is 0 Å². The van der Waals surface area contributed by atoms with Crippen molar-refractivity contribution in [2.45, 2.75) is 50.5 Å². The molecule has 1 saturated carbocycles. The molecule has 2 heterocycles. The number of nitrogens with zero attached hydrogens (tertiary/aromatic N) is 4. The highest BCUT2D eigenvalue weighted by molar-refractivity contribution is 6.30. The van der Waals surface area contributed by atoms with Crippen molar-refractivity contribution in [1.82, 2.24) is 9.97 Å². The number of hydrogen-bond acceptors (Lipinski definition) is 6. The average molecular weight is 436 g/mol. The lowest BCUT2D eigenvalue weighted by Crippen LogP contribution is -2.37. The summed E-state index contributed by atoms with van der Waals surface area (Å²) in [6.07, 6.45) is 7.79. The van der Waals surface area contributed by atoms with E-state index in [9.17, 15) is 8.78 Å². The molecule has 2 aliphatic rings. The molecule has 1 aromatic heterocycles. The smallest absolute Gasteiger partial charge is 0.225 e. The van der Waals surface area contributed by atoms with Gasteiger partial charge in [-0.05, 0) is 43.2 Å². The zero-order chi connectivity index (χ0) is 21.1. The topological polar surface area (TPSA) is 76.6 Å². The van der Waals surface area contributed by atoms with Gasteiger partial charge in [0.2, 0.25) is 5.95 Å². The lowest BCUT2D eigenvalue weighted by molar-refractivity contribution is 0.0406. The molecule has 0 unspecified atom stereocenters. The highest BCUT2D eigenvalue weighted by Crippen LogP contribution is 2.34. The Morgan fingerprint density at radius 3 is 2.37 bits per heavy atom. The van der Waals surface area contributed by atoms with Crippen molar-refractivity contribution in [1.29, 1.82) is 0 Å². The molecule has 0 amide bonds. The van der Waals surface area contributed by atoms with Crippen LogP contribution in [0.3, 0.4) is 0 Å². The van der Waals surface area contributed by atoms with Crippen molar-refractivity contribution >= 4 is 28.9 Å². The van der Waals surface area contributed by atoms with Gasteiger partial charge in [-0.15, -0.1) is 0 Å². The van der Waals surface area contributed by atoms with Crippen LogP contribution in [-0.2, 0) is 4.84 Å². The minimum atomic E-state index is -0.565. The first kappa shape index (κ1) is 20.8. The fourth-order valence-corrected chi connectivity index (χ4v) is 4.12. The summed E-state index contributed by atoms with van der Waals surface area (Å²) in [5, 5.41) is 4.88. The molecule has 2 fully saturated rings. The molecule has 1 aliphatic heterocycles. The molecule has 0 atom stereocenters. The summed E-state index contributed by atoms with van der Waals surface area (Å²) in [6.45, 7) is 1.59. The van der Waals surface area contributed by atoms with Crippen LogP contribution in [0, 0.1) is 11.6 Å². The normalized spacial score (nSPS) is 20.3. The number of nitrogens with two attached hydrogens (primary N) is 1. The number of anilines is 2. The number of benzene rings is 1. The quantitative estimate of drug-likeness (QED) is 0.557. The van der Waals surface area contributed by atoms with E-state index >= 15 is 0 Å². The third-order valence-corrected chi connectivity index (χ3v) is 5.98. The highest BCUT2D eigenvalue weighted by atomic mass is 35.5. The molecule has 6 nitrogen and oxygen atoms in total. The molecule has 1 saturated heterocycles. The second-order valence-electron chi connectivity index (χ2n) is 7.82. The Labute approximate surface area is 179 Å². The van der Waals surface area contributed by atoms with Gasteiger partial charge in [0.05, 0.1) is 28.8 Å². The first-order chi connectivity index (χ1) is 14.5. The van der Waals surface area contributed by atoms with Gasteiger partial charge in [-0.1, -0.05) is 16.8 Å². The fraction of sp³-hybridized carbons (Fsp3) is 0.476. The van der Waals surface area contributed by atoms with Crippen LogP contribution >= 0.6 is 11.6 Å². The number of halogens is 3. The third-order valence-electron chi connectivity index (χ3n) is 5.78. The molecule has 0 bridgehead atoms. The molecular formula is C21H24ClF2N5O. The zero-order valence-electron chi connectivity index (χ0n) is 16.5. The predicted octanol–water partition coefficient (Wildman–Crippen LogP) is 4.69. The Bertz CT molecular complexity index is 906. The Morgan fingerprint density at radius 2 is 1.70 bits per heavy atom. The van der Waals surface area contributed by atoms with E-state index < -0.39 is 11.6 Å². The molecule has 30 heavy (non-hydrogen) atoms. The lowest BCUT2D eigenvalue weighted by Gasteiger charge is -2.31. The van der Waals surface area contributed by atoms with Crippen LogP contribution in [0.2, 0.25) is 5.02 Å². The van der Waals surface area contributed by atoms with Gasteiger partial charge in [0, 0.05) is 32.0 Å². The van der Waals surface area contributed by atoms with E-state index in [1.54, 1.807) is 12.4 Å².